The minimum Gasteiger partial charge on any atom is -0.482 e. The summed E-state index contributed by atoms with van der Waals surface area (Å²) >= 11 is 0. The van der Waals surface area contributed by atoms with Crippen molar-refractivity contribution in [2.75, 3.05) is 24.8 Å². The Morgan fingerprint density at radius 3 is 2.84 bits per heavy atom. The molecule has 3 aromatic rings. The van der Waals surface area contributed by atoms with E-state index in [1.807, 2.05) is 13.0 Å². The third-order valence-corrected chi connectivity index (χ3v) is 4.99. The number of ether oxygens (including phenoxy) is 3. The Bertz CT molecular complexity index is 1170. The van der Waals surface area contributed by atoms with E-state index in [2.05, 4.69) is 15.5 Å². The van der Waals surface area contributed by atoms with Gasteiger partial charge in [-0.1, -0.05) is 11.2 Å². The normalized spacial score (nSPS) is 14.2. The van der Waals surface area contributed by atoms with Crippen LogP contribution in [-0.4, -0.2) is 41.9 Å². The molecule has 31 heavy (non-hydrogen) atoms. The first kappa shape index (κ1) is 18.9. The maximum absolute atomic E-state index is 12.4. The third-order valence-electron chi connectivity index (χ3n) is 4.99. The number of benzene rings is 2. The average Bonchev–Trinajstić information content (AvgIpc) is 3.46. The van der Waals surface area contributed by atoms with Gasteiger partial charge in [0, 0.05) is 18.7 Å². The number of fused-ring (bicyclic) bond motifs is 2. The van der Waals surface area contributed by atoms with Crippen LogP contribution >= 0.6 is 0 Å². The highest BCUT2D eigenvalue weighted by atomic mass is 16.7. The molecular weight excluding hydrogens is 404 g/mol. The Balaban J connectivity index is 1.28. The minimum absolute atomic E-state index is 0.0238. The van der Waals surface area contributed by atoms with E-state index in [4.69, 9.17) is 18.7 Å². The number of likely N-dealkylation sites (N-methyl/N-ethyl adjacent to an activating group) is 1. The zero-order chi connectivity index (χ0) is 21.4. The van der Waals surface area contributed by atoms with Crippen LogP contribution < -0.4 is 24.4 Å². The summed E-state index contributed by atoms with van der Waals surface area (Å²) in [5.74, 6) is 1.39. The Kier molecular flexibility index (Phi) is 4.66. The maximum Gasteiger partial charge on any atom is 0.316 e. The first-order chi connectivity index (χ1) is 15.1. The largest absolute Gasteiger partial charge is 0.482 e. The molecular formula is C21H18N4O6. The van der Waals surface area contributed by atoms with Gasteiger partial charge in [-0.2, -0.15) is 4.98 Å². The number of rotatable bonds is 5. The van der Waals surface area contributed by atoms with Gasteiger partial charge in [0.05, 0.1) is 5.69 Å². The predicted molar refractivity (Wildman–Crippen MR) is 107 cm³/mol. The van der Waals surface area contributed by atoms with Crippen LogP contribution in [0, 0.1) is 0 Å². The third kappa shape index (κ3) is 3.52. The number of carbonyl (C=O) groups excluding carboxylic acids is 2. The van der Waals surface area contributed by atoms with Gasteiger partial charge in [-0.15, -0.1) is 0 Å². The number of anilines is 1. The molecule has 0 spiro atoms. The molecule has 0 saturated heterocycles. The molecule has 2 amide bonds. The van der Waals surface area contributed by atoms with Crippen molar-refractivity contribution in [2.24, 2.45) is 0 Å². The molecule has 158 valence electrons. The lowest BCUT2D eigenvalue weighted by Crippen LogP contribution is -2.38. The van der Waals surface area contributed by atoms with E-state index >= 15 is 0 Å². The first-order valence-electron chi connectivity index (χ1n) is 9.70. The summed E-state index contributed by atoms with van der Waals surface area (Å²) in [5.41, 5.74) is 2.15. The van der Waals surface area contributed by atoms with Crippen LogP contribution in [0.3, 0.4) is 0 Å². The van der Waals surface area contributed by atoms with E-state index in [1.54, 1.807) is 35.2 Å². The highest BCUT2D eigenvalue weighted by Crippen LogP contribution is 2.35. The predicted octanol–water partition coefficient (Wildman–Crippen LogP) is 2.14. The molecule has 0 atom stereocenters. The second kappa shape index (κ2) is 7.63. The van der Waals surface area contributed by atoms with Crippen LogP contribution in [0.1, 0.15) is 23.2 Å². The van der Waals surface area contributed by atoms with Crippen LogP contribution in [0.4, 0.5) is 5.69 Å². The minimum atomic E-state index is -0.492. The summed E-state index contributed by atoms with van der Waals surface area (Å²) in [7, 11) is 0. The summed E-state index contributed by atoms with van der Waals surface area (Å²) in [4.78, 5) is 30.2. The van der Waals surface area contributed by atoms with E-state index < -0.39 is 5.91 Å². The smallest absolute Gasteiger partial charge is 0.316 e. The Morgan fingerprint density at radius 1 is 1.10 bits per heavy atom. The molecule has 1 N–H and O–H groups in total. The van der Waals surface area contributed by atoms with E-state index in [0.29, 0.717) is 35.0 Å². The second-order valence-corrected chi connectivity index (χ2v) is 6.90. The summed E-state index contributed by atoms with van der Waals surface area (Å²) in [6, 6.07) is 10.7. The molecule has 10 heteroatoms. The number of carbonyl (C=O) groups is 2. The van der Waals surface area contributed by atoms with Crippen molar-refractivity contribution >= 4 is 17.5 Å². The maximum atomic E-state index is 12.4. The fraction of sp³-hybridized carbons (Fsp3) is 0.238. The number of amides is 2. The lowest BCUT2D eigenvalue weighted by atomic mass is 10.1. The van der Waals surface area contributed by atoms with Gasteiger partial charge in [-0.3, -0.25) is 9.59 Å². The molecule has 2 aromatic carbocycles. The van der Waals surface area contributed by atoms with Crippen LogP contribution in [0.2, 0.25) is 0 Å². The molecule has 2 aliphatic heterocycles. The zero-order valence-corrected chi connectivity index (χ0v) is 16.6. The van der Waals surface area contributed by atoms with Crippen LogP contribution in [0.15, 0.2) is 40.9 Å². The molecule has 2 aliphatic rings. The van der Waals surface area contributed by atoms with Crippen LogP contribution in [-0.2, 0) is 11.3 Å². The molecule has 0 radical (unpaired) electrons. The zero-order valence-electron chi connectivity index (χ0n) is 16.6. The van der Waals surface area contributed by atoms with Crippen molar-refractivity contribution in [2.45, 2.75) is 13.5 Å². The van der Waals surface area contributed by atoms with Gasteiger partial charge in [0.25, 0.3) is 5.91 Å². The van der Waals surface area contributed by atoms with Gasteiger partial charge in [0.1, 0.15) is 5.75 Å². The Labute approximate surface area is 176 Å². The van der Waals surface area contributed by atoms with Crippen molar-refractivity contribution < 1.29 is 28.3 Å². The summed E-state index contributed by atoms with van der Waals surface area (Å²) in [6.45, 7) is 2.88. The number of hydrogen-bond donors (Lipinski definition) is 1. The summed E-state index contributed by atoms with van der Waals surface area (Å²) < 4.78 is 21.3. The van der Waals surface area contributed by atoms with Gasteiger partial charge >= 0.3 is 11.8 Å². The monoisotopic (exact) mass is 422 g/mol. The topological polar surface area (TPSA) is 116 Å². The van der Waals surface area contributed by atoms with Crippen molar-refractivity contribution in [3.8, 4) is 28.6 Å². The molecule has 0 unspecified atom stereocenters. The highest BCUT2D eigenvalue weighted by molar-refractivity contribution is 5.98. The van der Waals surface area contributed by atoms with Crippen molar-refractivity contribution in [3.63, 3.8) is 0 Å². The quantitative estimate of drug-likeness (QED) is 0.665. The molecule has 10 nitrogen and oxygen atoms in total. The SMILES string of the molecule is CCN1C(=O)COc2cc(-c3noc(C(=O)NCc4ccc5c(c4)OCO5)n3)ccc21. The van der Waals surface area contributed by atoms with Gasteiger partial charge in [-0.05, 0) is 42.8 Å². The number of aromatic nitrogens is 2. The molecule has 1 aromatic heterocycles. The van der Waals surface area contributed by atoms with Gasteiger partial charge in [0.2, 0.25) is 12.6 Å². The lowest BCUT2D eigenvalue weighted by molar-refractivity contribution is -0.121. The molecule has 3 heterocycles. The molecule has 0 saturated carbocycles. The van der Waals surface area contributed by atoms with Crippen LogP contribution in [0.25, 0.3) is 11.4 Å². The number of nitrogens with one attached hydrogen (secondary N) is 1. The molecule has 0 fully saturated rings. The van der Waals surface area contributed by atoms with E-state index in [-0.39, 0.29) is 37.6 Å². The fourth-order valence-corrected chi connectivity index (χ4v) is 3.43. The number of nitrogens with zero attached hydrogens (tertiary/aromatic N) is 3. The van der Waals surface area contributed by atoms with Gasteiger partial charge in [0.15, 0.2) is 18.1 Å². The Morgan fingerprint density at radius 2 is 1.97 bits per heavy atom. The fourth-order valence-electron chi connectivity index (χ4n) is 3.43. The standard InChI is InChI=1S/C21H18N4O6/c1-2-25-14-5-4-13(8-16(14)28-10-18(25)26)19-23-21(31-24-19)20(27)22-9-12-3-6-15-17(7-12)30-11-29-15/h3-8H,2,9-11H2,1H3,(H,22,27). The van der Waals surface area contributed by atoms with E-state index in [1.165, 1.54) is 0 Å². The molecule has 0 bridgehead atoms. The second-order valence-electron chi connectivity index (χ2n) is 6.90. The van der Waals surface area contributed by atoms with Crippen LogP contribution in [0.5, 0.6) is 17.2 Å². The van der Waals surface area contributed by atoms with Gasteiger partial charge < -0.3 is 29.0 Å². The Hall–Kier alpha value is -4.08. The molecule has 5 rings (SSSR count). The number of hydrogen-bond acceptors (Lipinski definition) is 8. The van der Waals surface area contributed by atoms with Crippen molar-refractivity contribution in [3.05, 3.63) is 47.9 Å². The highest BCUT2D eigenvalue weighted by Gasteiger charge is 2.25. The summed E-state index contributed by atoms with van der Waals surface area (Å²) in [5, 5.41) is 6.63. The summed E-state index contributed by atoms with van der Waals surface area (Å²) in [6.07, 6.45) is 0. The van der Waals surface area contributed by atoms with Gasteiger partial charge in [-0.25, -0.2) is 0 Å². The first-order valence-corrected chi connectivity index (χ1v) is 9.70. The van der Waals surface area contributed by atoms with Crippen molar-refractivity contribution in [1.29, 1.82) is 0 Å². The lowest BCUT2D eigenvalue weighted by Gasteiger charge is -2.28. The van der Waals surface area contributed by atoms with E-state index in [9.17, 15) is 9.59 Å². The molecule has 0 aliphatic carbocycles. The van der Waals surface area contributed by atoms with E-state index in [0.717, 1.165) is 5.56 Å². The average molecular weight is 422 g/mol. The van der Waals surface area contributed by atoms with Crippen molar-refractivity contribution in [1.82, 2.24) is 15.5 Å².